The maximum absolute atomic E-state index is 11.8. The lowest BCUT2D eigenvalue weighted by Crippen LogP contribution is -2.43. The minimum atomic E-state index is 0.0195. The van der Waals surface area contributed by atoms with Crippen LogP contribution in [0.5, 0.6) is 5.75 Å². The first kappa shape index (κ1) is 23.1. The number of benzene rings is 1. The van der Waals surface area contributed by atoms with Gasteiger partial charge in [0, 0.05) is 20.6 Å². The second-order valence-corrected chi connectivity index (χ2v) is 7.47. The summed E-state index contributed by atoms with van der Waals surface area (Å²) in [7, 11) is 5.16. The van der Waals surface area contributed by atoms with Gasteiger partial charge in [-0.2, -0.15) is 11.8 Å². The number of hydrogen-bond donors (Lipinski definition) is 2. The number of nitrogens with zero attached hydrogens (tertiary/aromatic N) is 2. The Bertz CT molecular complexity index is 562. The number of likely N-dealkylation sites (N-methyl/N-ethyl adjacent to an activating group) is 1. The molecule has 1 rings (SSSR count). The predicted octanol–water partition coefficient (Wildman–Crippen LogP) is 2.74. The third-order valence-electron chi connectivity index (χ3n) is 4.05. The number of carbonyl (C=O) groups excluding carboxylic acids is 1. The Balaban J connectivity index is 2.51. The van der Waals surface area contributed by atoms with Crippen LogP contribution < -0.4 is 15.4 Å². The molecule has 2 N–H and O–H groups in total. The summed E-state index contributed by atoms with van der Waals surface area (Å²) in [6.07, 6.45) is 6.98. The molecule has 0 bridgehead atoms. The fourth-order valence-corrected chi connectivity index (χ4v) is 2.82. The third kappa shape index (κ3) is 10.8. The Morgan fingerprint density at radius 2 is 1.81 bits per heavy atom. The Labute approximate surface area is 168 Å². The predicted molar refractivity (Wildman–Crippen MR) is 116 cm³/mol. The second kappa shape index (κ2) is 14.2. The smallest absolute Gasteiger partial charge is 0.241 e. The zero-order chi connectivity index (χ0) is 19.9. The van der Waals surface area contributed by atoms with Gasteiger partial charge >= 0.3 is 0 Å². The first-order valence-electron chi connectivity index (χ1n) is 9.41. The van der Waals surface area contributed by atoms with Gasteiger partial charge in [0.25, 0.3) is 0 Å². The summed E-state index contributed by atoms with van der Waals surface area (Å²) in [6, 6.07) is 7.85. The van der Waals surface area contributed by atoms with E-state index in [1.165, 1.54) is 25.0 Å². The molecule has 6 nitrogen and oxygen atoms in total. The fourth-order valence-electron chi connectivity index (χ4n) is 2.32. The summed E-state index contributed by atoms with van der Waals surface area (Å²) < 4.78 is 5.18. The highest BCUT2D eigenvalue weighted by atomic mass is 32.2. The van der Waals surface area contributed by atoms with E-state index in [1.54, 1.807) is 26.1 Å². The van der Waals surface area contributed by atoms with Gasteiger partial charge in [0.1, 0.15) is 5.75 Å². The number of aliphatic imine (C=N–C) groups is 1. The van der Waals surface area contributed by atoms with E-state index in [1.807, 2.05) is 36.0 Å². The lowest BCUT2D eigenvalue weighted by atomic mass is 10.2. The Hall–Kier alpha value is -1.89. The number of amides is 1. The van der Waals surface area contributed by atoms with Crippen LogP contribution in [0.1, 0.15) is 31.2 Å². The van der Waals surface area contributed by atoms with Gasteiger partial charge in [0.15, 0.2) is 5.96 Å². The summed E-state index contributed by atoms with van der Waals surface area (Å²) in [6.45, 7) is 1.63. The second-order valence-electron chi connectivity index (χ2n) is 6.49. The molecule has 7 heteroatoms. The van der Waals surface area contributed by atoms with Gasteiger partial charge < -0.3 is 20.3 Å². The van der Waals surface area contributed by atoms with Crippen LogP contribution in [0.25, 0.3) is 0 Å². The molecule has 0 radical (unpaired) electrons. The zero-order valence-electron chi connectivity index (χ0n) is 17.1. The summed E-state index contributed by atoms with van der Waals surface area (Å²) in [5.41, 5.74) is 1.09. The molecule has 0 fully saturated rings. The zero-order valence-corrected chi connectivity index (χ0v) is 17.9. The van der Waals surface area contributed by atoms with Crippen LogP contribution in [0.15, 0.2) is 29.3 Å². The highest BCUT2D eigenvalue weighted by Crippen LogP contribution is 2.11. The molecule has 1 aromatic carbocycles. The van der Waals surface area contributed by atoms with E-state index in [-0.39, 0.29) is 12.5 Å². The standard InChI is InChI=1S/C20H34N4O2S/c1-24(2)19(25)16-23-20(21-13-7-5-6-8-14-27-4)22-15-17-9-11-18(26-3)12-10-17/h9-12H,5-8,13-16H2,1-4H3,(H2,21,22,23). The molecular formula is C20H34N4O2S. The van der Waals surface area contributed by atoms with Crippen molar-refractivity contribution in [3.63, 3.8) is 0 Å². The largest absolute Gasteiger partial charge is 0.497 e. The van der Waals surface area contributed by atoms with Crippen molar-refractivity contribution in [3.05, 3.63) is 29.8 Å². The van der Waals surface area contributed by atoms with Gasteiger partial charge in [-0.3, -0.25) is 4.79 Å². The molecule has 152 valence electrons. The van der Waals surface area contributed by atoms with Crippen LogP contribution in [0, 0.1) is 0 Å². The molecule has 0 aliphatic carbocycles. The molecule has 1 amide bonds. The van der Waals surface area contributed by atoms with Crippen molar-refractivity contribution < 1.29 is 9.53 Å². The van der Waals surface area contributed by atoms with Crippen LogP contribution in [0.4, 0.5) is 0 Å². The number of unbranched alkanes of at least 4 members (excludes halogenated alkanes) is 3. The number of hydrogen-bond acceptors (Lipinski definition) is 4. The average molecular weight is 395 g/mol. The van der Waals surface area contributed by atoms with E-state index in [2.05, 4.69) is 21.9 Å². The lowest BCUT2D eigenvalue weighted by molar-refractivity contribution is -0.127. The fraction of sp³-hybridized carbons (Fsp3) is 0.600. The van der Waals surface area contributed by atoms with Crippen molar-refractivity contribution in [1.29, 1.82) is 0 Å². The lowest BCUT2D eigenvalue weighted by Gasteiger charge is -2.15. The molecule has 0 atom stereocenters. The third-order valence-corrected chi connectivity index (χ3v) is 4.75. The van der Waals surface area contributed by atoms with Gasteiger partial charge in [-0.1, -0.05) is 25.0 Å². The molecule has 0 aliphatic rings. The number of thioether (sulfide) groups is 1. The summed E-state index contributed by atoms with van der Waals surface area (Å²) in [4.78, 5) is 18.0. The monoisotopic (exact) mass is 394 g/mol. The summed E-state index contributed by atoms with van der Waals surface area (Å²) in [5.74, 6) is 2.75. The van der Waals surface area contributed by atoms with E-state index in [0.717, 1.165) is 24.3 Å². The average Bonchev–Trinajstić information content (AvgIpc) is 2.68. The van der Waals surface area contributed by atoms with E-state index in [9.17, 15) is 4.79 Å². The van der Waals surface area contributed by atoms with E-state index in [0.29, 0.717) is 12.5 Å². The molecular weight excluding hydrogens is 360 g/mol. The molecule has 1 aromatic rings. The molecule has 0 heterocycles. The number of ether oxygens (including phenoxy) is 1. The maximum atomic E-state index is 11.8. The number of rotatable bonds is 12. The quantitative estimate of drug-likeness (QED) is 0.324. The van der Waals surface area contributed by atoms with Gasteiger partial charge in [-0.05, 0) is 42.5 Å². The SMILES string of the molecule is COc1ccc(CN=C(NCCCCCCSC)NCC(=O)N(C)C)cc1. The van der Waals surface area contributed by atoms with Crippen molar-refractivity contribution in [2.75, 3.05) is 46.3 Å². The normalized spacial score (nSPS) is 11.2. The maximum Gasteiger partial charge on any atom is 0.241 e. The number of methoxy groups -OCH3 is 1. The van der Waals surface area contributed by atoms with E-state index in [4.69, 9.17) is 4.74 Å². The Morgan fingerprint density at radius 1 is 1.11 bits per heavy atom. The first-order chi connectivity index (χ1) is 13.1. The molecule has 0 spiro atoms. The van der Waals surface area contributed by atoms with E-state index < -0.39 is 0 Å². The molecule has 0 aliphatic heterocycles. The van der Waals surface area contributed by atoms with Gasteiger partial charge in [-0.15, -0.1) is 0 Å². The van der Waals surface area contributed by atoms with Gasteiger partial charge in [0.05, 0.1) is 20.2 Å². The minimum Gasteiger partial charge on any atom is -0.497 e. The molecule has 0 saturated carbocycles. The topological polar surface area (TPSA) is 66.0 Å². The highest BCUT2D eigenvalue weighted by molar-refractivity contribution is 7.98. The Kier molecular flexibility index (Phi) is 12.2. The van der Waals surface area contributed by atoms with Crippen LogP contribution in [0.2, 0.25) is 0 Å². The van der Waals surface area contributed by atoms with Crippen molar-refractivity contribution in [2.45, 2.75) is 32.2 Å². The number of guanidine groups is 1. The summed E-state index contributed by atoms with van der Waals surface area (Å²) >= 11 is 1.90. The number of nitrogens with one attached hydrogen (secondary N) is 2. The van der Waals surface area contributed by atoms with Crippen molar-refractivity contribution >= 4 is 23.6 Å². The minimum absolute atomic E-state index is 0.0195. The number of carbonyl (C=O) groups is 1. The molecule has 27 heavy (non-hydrogen) atoms. The molecule has 0 aromatic heterocycles. The van der Waals surface area contributed by atoms with Gasteiger partial charge in [-0.25, -0.2) is 4.99 Å². The van der Waals surface area contributed by atoms with Crippen molar-refractivity contribution in [3.8, 4) is 5.75 Å². The van der Waals surface area contributed by atoms with Crippen molar-refractivity contribution in [2.24, 2.45) is 4.99 Å². The van der Waals surface area contributed by atoms with Crippen molar-refractivity contribution in [1.82, 2.24) is 15.5 Å². The van der Waals surface area contributed by atoms with Crippen LogP contribution in [0.3, 0.4) is 0 Å². The van der Waals surface area contributed by atoms with Crippen LogP contribution >= 0.6 is 11.8 Å². The van der Waals surface area contributed by atoms with Crippen LogP contribution in [-0.2, 0) is 11.3 Å². The van der Waals surface area contributed by atoms with Crippen LogP contribution in [-0.4, -0.2) is 63.1 Å². The molecule has 0 saturated heterocycles. The van der Waals surface area contributed by atoms with Gasteiger partial charge in [0.2, 0.25) is 5.91 Å². The molecule has 0 unspecified atom stereocenters. The summed E-state index contributed by atoms with van der Waals surface area (Å²) in [5, 5.41) is 6.46. The highest BCUT2D eigenvalue weighted by Gasteiger charge is 2.06. The first-order valence-corrected chi connectivity index (χ1v) is 10.8. The van der Waals surface area contributed by atoms with E-state index >= 15 is 0 Å². The Morgan fingerprint density at radius 3 is 2.44 bits per heavy atom.